The molecule has 6 rings (SSSR count). The summed E-state index contributed by atoms with van der Waals surface area (Å²) in [6.45, 7) is 9.20. The van der Waals surface area contributed by atoms with E-state index in [1.54, 1.807) is 23.9 Å². The van der Waals surface area contributed by atoms with Gasteiger partial charge in [0.05, 0.1) is 24.3 Å². The van der Waals surface area contributed by atoms with Gasteiger partial charge in [-0.1, -0.05) is 6.07 Å². The molecule has 5 heterocycles. The summed E-state index contributed by atoms with van der Waals surface area (Å²) in [5, 5.41) is 4.97. The second-order valence-corrected chi connectivity index (χ2v) is 10.9. The highest BCUT2D eigenvalue weighted by Gasteiger charge is 2.36. The number of hydrogen-bond donors (Lipinski definition) is 0. The summed E-state index contributed by atoms with van der Waals surface area (Å²) < 4.78 is 15.2. The van der Waals surface area contributed by atoms with Gasteiger partial charge >= 0.3 is 0 Å². The van der Waals surface area contributed by atoms with Crippen LogP contribution in [-0.2, 0) is 11.8 Å². The number of benzene rings is 1. The van der Waals surface area contributed by atoms with E-state index in [1.807, 2.05) is 23.9 Å². The van der Waals surface area contributed by atoms with Crippen LogP contribution in [0.15, 0.2) is 41.3 Å². The first-order chi connectivity index (χ1) is 18.9. The Labute approximate surface area is 228 Å². The largest absolute Gasteiger partial charge is 0.480 e. The quantitative estimate of drug-likeness (QED) is 0.381. The molecule has 2 aliphatic rings. The number of piperazine rings is 1. The zero-order valence-corrected chi connectivity index (χ0v) is 23.4. The van der Waals surface area contributed by atoms with Crippen molar-refractivity contribution in [1.29, 1.82) is 0 Å². The number of rotatable bonds is 5. The van der Waals surface area contributed by atoms with Crippen molar-refractivity contribution in [3.63, 3.8) is 0 Å². The maximum Gasteiger partial charge on any atom is 0.250 e. The average molecular weight is 532 g/mol. The molecule has 10 nitrogen and oxygen atoms in total. The molecular formula is C29H37N7O3. The van der Waals surface area contributed by atoms with Crippen molar-refractivity contribution < 1.29 is 9.47 Å². The Morgan fingerprint density at radius 3 is 2.64 bits per heavy atom. The topological polar surface area (TPSA) is 90.5 Å². The summed E-state index contributed by atoms with van der Waals surface area (Å²) in [5.74, 6) is 1.50. The summed E-state index contributed by atoms with van der Waals surface area (Å²) in [6, 6.07) is 10.4. The molecule has 0 spiro atoms. The standard InChI is InChI=1S/C29H37N7O3/c1-18-17-35(29-28-23(11-12-26(37)33(28)4)32-36(29)27-8-6-7-13-39-27)19(2)16-34(18)20(3)21-9-10-22-24(14-21)31-25(38-5)15-30-22/h9-12,14-15,18-20,27H,6-8,13,16-17H2,1-5H3/t18-,19+,20?,27?/m1/s1. The zero-order chi connectivity index (χ0) is 27.3. The fraction of sp³-hybridized carbons (Fsp3) is 0.517. The molecule has 0 amide bonds. The minimum absolute atomic E-state index is 0.0307. The van der Waals surface area contributed by atoms with E-state index < -0.39 is 0 Å². The van der Waals surface area contributed by atoms with Crippen LogP contribution in [0, 0.1) is 0 Å². The molecule has 1 aromatic carbocycles. The van der Waals surface area contributed by atoms with Gasteiger partial charge in [-0.25, -0.2) is 14.6 Å². The number of aromatic nitrogens is 5. The third kappa shape index (κ3) is 4.55. The molecule has 206 valence electrons. The SMILES string of the molecule is COc1cnc2ccc(C(C)N3C[C@H](C)N(c4c5c(ccc(=O)n5C)nn4C4CCCCO4)C[C@H]3C)cc2n1. The van der Waals surface area contributed by atoms with Crippen LogP contribution in [0.2, 0.25) is 0 Å². The number of pyridine rings is 1. The van der Waals surface area contributed by atoms with Crippen LogP contribution >= 0.6 is 0 Å². The third-order valence-corrected chi connectivity index (χ3v) is 8.40. The second kappa shape index (κ2) is 10.2. The van der Waals surface area contributed by atoms with E-state index in [-0.39, 0.29) is 29.9 Å². The minimum Gasteiger partial charge on any atom is -0.480 e. The molecule has 10 heteroatoms. The first kappa shape index (κ1) is 25.8. The second-order valence-electron chi connectivity index (χ2n) is 10.9. The highest BCUT2D eigenvalue weighted by Crippen LogP contribution is 2.37. The lowest BCUT2D eigenvalue weighted by Gasteiger charge is -2.48. The van der Waals surface area contributed by atoms with E-state index in [1.165, 1.54) is 5.56 Å². The van der Waals surface area contributed by atoms with Crippen molar-refractivity contribution in [1.82, 2.24) is 29.2 Å². The molecule has 39 heavy (non-hydrogen) atoms. The van der Waals surface area contributed by atoms with Gasteiger partial charge in [-0.05, 0) is 63.8 Å². The molecule has 0 aliphatic carbocycles. The summed E-state index contributed by atoms with van der Waals surface area (Å²) in [6.07, 6.45) is 4.63. The van der Waals surface area contributed by atoms with Gasteiger partial charge in [0.25, 0.3) is 5.56 Å². The molecule has 0 radical (unpaired) electrons. The Hall–Kier alpha value is -3.50. The highest BCUT2D eigenvalue weighted by molar-refractivity contribution is 5.87. The Kier molecular flexibility index (Phi) is 6.76. The molecule has 4 aromatic rings. The average Bonchev–Trinajstić information content (AvgIpc) is 3.35. The Morgan fingerprint density at radius 2 is 1.87 bits per heavy atom. The van der Waals surface area contributed by atoms with Crippen molar-refractivity contribution in [2.75, 3.05) is 31.7 Å². The Balaban J connectivity index is 1.33. The van der Waals surface area contributed by atoms with Gasteiger partial charge in [0.2, 0.25) is 5.88 Å². The summed E-state index contributed by atoms with van der Waals surface area (Å²) in [5.41, 5.74) is 4.56. The van der Waals surface area contributed by atoms with Crippen molar-refractivity contribution in [2.45, 2.75) is 64.4 Å². The van der Waals surface area contributed by atoms with Crippen LogP contribution in [0.4, 0.5) is 5.82 Å². The predicted molar refractivity (Wildman–Crippen MR) is 151 cm³/mol. The molecule has 2 saturated heterocycles. The van der Waals surface area contributed by atoms with Crippen LogP contribution in [0.25, 0.3) is 22.1 Å². The number of hydrogen-bond acceptors (Lipinski definition) is 8. The lowest BCUT2D eigenvalue weighted by Crippen LogP contribution is -2.57. The summed E-state index contributed by atoms with van der Waals surface area (Å²) >= 11 is 0. The molecule has 3 aromatic heterocycles. The van der Waals surface area contributed by atoms with Gasteiger partial charge in [-0.2, -0.15) is 5.10 Å². The first-order valence-electron chi connectivity index (χ1n) is 13.9. The van der Waals surface area contributed by atoms with E-state index in [0.717, 1.165) is 66.8 Å². The third-order valence-electron chi connectivity index (χ3n) is 8.40. The van der Waals surface area contributed by atoms with Gasteiger partial charge in [-0.15, -0.1) is 0 Å². The van der Waals surface area contributed by atoms with Gasteiger partial charge < -0.3 is 18.9 Å². The van der Waals surface area contributed by atoms with Crippen LogP contribution in [0.5, 0.6) is 5.88 Å². The van der Waals surface area contributed by atoms with E-state index in [9.17, 15) is 4.79 Å². The van der Waals surface area contributed by atoms with E-state index in [2.05, 4.69) is 52.7 Å². The fourth-order valence-electron chi connectivity index (χ4n) is 6.17. The Bertz CT molecular complexity index is 1560. The highest BCUT2D eigenvalue weighted by atomic mass is 16.5. The van der Waals surface area contributed by atoms with Crippen molar-refractivity contribution in [3.05, 3.63) is 52.4 Å². The summed E-state index contributed by atoms with van der Waals surface area (Å²) in [7, 11) is 3.45. The van der Waals surface area contributed by atoms with E-state index in [0.29, 0.717) is 5.88 Å². The fourth-order valence-corrected chi connectivity index (χ4v) is 6.17. The number of anilines is 1. The number of methoxy groups -OCH3 is 1. The number of ether oxygens (including phenoxy) is 2. The first-order valence-corrected chi connectivity index (χ1v) is 13.9. The lowest BCUT2D eigenvalue weighted by molar-refractivity contribution is -0.0386. The molecule has 2 fully saturated rings. The smallest absolute Gasteiger partial charge is 0.250 e. The predicted octanol–water partition coefficient (Wildman–Crippen LogP) is 4.05. The zero-order valence-electron chi connectivity index (χ0n) is 23.4. The maximum absolute atomic E-state index is 12.7. The maximum atomic E-state index is 12.7. The van der Waals surface area contributed by atoms with E-state index >= 15 is 0 Å². The van der Waals surface area contributed by atoms with Crippen LogP contribution in [0.1, 0.15) is 57.9 Å². The normalized spacial score (nSPS) is 23.4. The van der Waals surface area contributed by atoms with Crippen molar-refractivity contribution >= 4 is 27.9 Å². The molecule has 0 bridgehead atoms. The monoisotopic (exact) mass is 531 g/mol. The minimum atomic E-state index is -0.119. The molecule has 0 N–H and O–H groups in total. The van der Waals surface area contributed by atoms with Crippen molar-refractivity contribution in [2.24, 2.45) is 7.05 Å². The molecule has 2 unspecified atom stereocenters. The summed E-state index contributed by atoms with van der Waals surface area (Å²) in [4.78, 5) is 26.7. The van der Waals surface area contributed by atoms with Gasteiger partial charge in [0, 0.05) is 50.9 Å². The number of aryl methyl sites for hydroxylation is 1. The van der Waals surface area contributed by atoms with Gasteiger partial charge in [0.1, 0.15) is 11.0 Å². The van der Waals surface area contributed by atoms with E-state index in [4.69, 9.17) is 14.6 Å². The van der Waals surface area contributed by atoms with Crippen LogP contribution in [-0.4, -0.2) is 68.1 Å². The van der Waals surface area contributed by atoms with Crippen LogP contribution < -0.4 is 15.2 Å². The molecule has 0 saturated carbocycles. The van der Waals surface area contributed by atoms with Gasteiger partial charge in [0.15, 0.2) is 12.0 Å². The Morgan fingerprint density at radius 1 is 1.05 bits per heavy atom. The van der Waals surface area contributed by atoms with Crippen molar-refractivity contribution in [3.8, 4) is 5.88 Å². The molecule has 4 atom stereocenters. The number of nitrogens with zero attached hydrogens (tertiary/aromatic N) is 7. The molecular weight excluding hydrogens is 494 g/mol. The van der Waals surface area contributed by atoms with Gasteiger partial charge in [-0.3, -0.25) is 9.69 Å². The number of fused-ring (bicyclic) bond motifs is 2. The van der Waals surface area contributed by atoms with Crippen LogP contribution in [0.3, 0.4) is 0 Å². The lowest BCUT2D eigenvalue weighted by atomic mass is 10.00. The molecule has 2 aliphatic heterocycles.